The van der Waals surface area contributed by atoms with Gasteiger partial charge in [-0.25, -0.2) is 9.97 Å². The predicted octanol–water partition coefficient (Wildman–Crippen LogP) is 3.79. The molecular formula is C19H24N4O2. The average Bonchev–Trinajstić information content (AvgIpc) is 2.62. The van der Waals surface area contributed by atoms with Crippen LogP contribution in [0.5, 0.6) is 5.75 Å². The lowest BCUT2D eigenvalue weighted by molar-refractivity contribution is 0.102. The third-order valence-electron chi connectivity index (χ3n) is 4.38. The van der Waals surface area contributed by atoms with Crippen LogP contribution in [0.15, 0.2) is 30.3 Å². The largest absolute Gasteiger partial charge is 0.495 e. The van der Waals surface area contributed by atoms with Crippen LogP contribution in [0.2, 0.25) is 0 Å². The van der Waals surface area contributed by atoms with Gasteiger partial charge in [0.1, 0.15) is 23.1 Å². The van der Waals surface area contributed by atoms with Gasteiger partial charge in [0.15, 0.2) is 0 Å². The highest BCUT2D eigenvalue weighted by Crippen LogP contribution is 2.24. The first-order valence-electron chi connectivity index (χ1n) is 8.72. The zero-order valence-corrected chi connectivity index (χ0v) is 14.7. The van der Waals surface area contributed by atoms with E-state index in [1.54, 1.807) is 32.2 Å². The SMILES string of the molecule is COc1ccccc1NC(=O)c1cc(NC2CCCCC2)nc(C)n1. The van der Waals surface area contributed by atoms with E-state index in [0.717, 1.165) is 12.8 Å². The van der Waals surface area contributed by atoms with Crippen LogP contribution in [-0.2, 0) is 0 Å². The number of anilines is 2. The second kappa shape index (κ2) is 7.96. The molecule has 0 saturated heterocycles. The van der Waals surface area contributed by atoms with E-state index in [9.17, 15) is 4.79 Å². The molecule has 0 aliphatic heterocycles. The highest BCUT2D eigenvalue weighted by Gasteiger charge is 2.16. The summed E-state index contributed by atoms with van der Waals surface area (Å²) >= 11 is 0. The monoisotopic (exact) mass is 340 g/mol. The maximum Gasteiger partial charge on any atom is 0.274 e. The van der Waals surface area contributed by atoms with E-state index in [1.165, 1.54) is 19.3 Å². The Bertz CT molecular complexity index is 742. The van der Waals surface area contributed by atoms with Gasteiger partial charge in [-0.2, -0.15) is 0 Å². The zero-order valence-electron chi connectivity index (χ0n) is 14.7. The van der Waals surface area contributed by atoms with Gasteiger partial charge in [0.25, 0.3) is 5.91 Å². The van der Waals surface area contributed by atoms with Gasteiger partial charge in [0.2, 0.25) is 0 Å². The maximum absolute atomic E-state index is 12.6. The van der Waals surface area contributed by atoms with Crippen LogP contribution in [0, 0.1) is 6.92 Å². The minimum atomic E-state index is -0.276. The van der Waals surface area contributed by atoms with E-state index in [4.69, 9.17) is 4.74 Å². The quantitative estimate of drug-likeness (QED) is 0.866. The van der Waals surface area contributed by atoms with E-state index in [-0.39, 0.29) is 5.91 Å². The number of rotatable bonds is 5. The van der Waals surface area contributed by atoms with Crippen LogP contribution >= 0.6 is 0 Å². The lowest BCUT2D eigenvalue weighted by Crippen LogP contribution is -2.24. The molecule has 0 spiro atoms. The molecule has 0 bridgehead atoms. The molecule has 25 heavy (non-hydrogen) atoms. The summed E-state index contributed by atoms with van der Waals surface area (Å²) in [7, 11) is 1.58. The van der Waals surface area contributed by atoms with E-state index < -0.39 is 0 Å². The fraction of sp³-hybridized carbons (Fsp3) is 0.421. The van der Waals surface area contributed by atoms with Crippen molar-refractivity contribution < 1.29 is 9.53 Å². The van der Waals surface area contributed by atoms with Gasteiger partial charge < -0.3 is 15.4 Å². The number of aryl methyl sites for hydroxylation is 1. The molecule has 0 unspecified atom stereocenters. The van der Waals surface area contributed by atoms with Crippen molar-refractivity contribution in [2.24, 2.45) is 0 Å². The van der Waals surface area contributed by atoms with Gasteiger partial charge >= 0.3 is 0 Å². The first-order chi connectivity index (χ1) is 12.2. The van der Waals surface area contributed by atoms with E-state index in [1.807, 2.05) is 12.1 Å². The Morgan fingerprint density at radius 2 is 1.92 bits per heavy atom. The highest BCUT2D eigenvalue weighted by molar-refractivity contribution is 6.04. The molecule has 0 atom stereocenters. The average molecular weight is 340 g/mol. The standard InChI is InChI=1S/C19H24N4O2/c1-13-20-16(12-18(21-13)22-14-8-4-3-5-9-14)19(24)23-15-10-6-7-11-17(15)25-2/h6-7,10-12,14H,3-5,8-9H2,1-2H3,(H,23,24)(H,20,21,22). The Morgan fingerprint density at radius 3 is 2.68 bits per heavy atom. The van der Waals surface area contributed by atoms with Crippen molar-refractivity contribution in [3.05, 3.63) is 41.9 Å². The molecule has 1 saturated carbocycles. The number of nitrogens with zero attached hydrogens (tertiary/aromatic N) is 2. The Morgan fingerprint density at radius 1 is 1.16 bits per heavy atom. The van der Waals surface area contributed by atoms with Gasteiger partial charge in [-0.3, -0.25) is 4.79 Å². The van der Waals surface area contributed by atoms with E-state index in [0.29, 0.717) is 34.8 Å². The summed E-state index contributed by atoms with van der Waals surface area (Å²) in [6, 6.07) is 9.44. The molecule has 6 nitrogen and oxygen atoms in total. The summed E-state index contributed by atoms with van der Waals surface area (Å²) in [4.78, 5) is 21.3. The molecule has 1 aliphatic rings. The fourth-order valence-electron chi connectivity index (χ4n) is 3.15. The molecule has 132 valence electrons. The topological polar surface area (TPSA) is 76.1 Å². The van der Waals surface area contributed by atoms with Crippen molar-refractivity contribution >= 4 is 17.4 Å². The van der Waals surface area contributed by atoms with Gasteiger partial charge in [-0.05, 0) is 31.9 Å². The van der Waals surface area contributed by atoms with Crippen LogP contribution in [0.25, 0.3) is 0 Å². The van der Waals surface area contributed by atoms with Crippen molar-refractivity contribution in [3.8, 4) is 5.75 Å². The summed E-state index contributed by atoms with van der Waals surface area (Å²) in [6.45, 7) is 1.80. The Hall–Kier alpha value is -2.63. The number of ether oxygens (including phenoxy) is 1. The Balaban J connectivity index is 1.75. The maximum atomic E-state index is 12.6. The number of para-hydroxylation sites is 2. The lowest BCUT2D eigenvalue weighted by atomic mass is 9.95. The number of aromatic nitrogens is 2. The van der Waals surface area contributed by atoms with Gasteiger partial charge in [-0.15, -0.1) is 0 Å². The Labute approximate surface area is 148 Å². The van der Waals surface area contributed by atoms with Crippen molar-refractivity contribution in [3.63, 3.8) is 0 Å². The first-order valence-corrected chi connectivity index (χ1v) is 8.72. The smallest absolute Gasteiger partial charge is 0.274 e. The van der Waals surface area contributed by atoms with Crippen molar-refractivity contribution in [2.45, 2.75) is 45.1 Å². The summed E-state index contributed by atoms with van der Waals surface area (Å²) in [5.41, 5.74) is 0.963. The number of hydrogen-bond acceptors (Lipinski definition) is 5. The minimum Gasteiger partial charge on any atom is -0.495 e. The number of nitrogens with one attached hydrogen (secondary N) is 2. The second-order valence-corrected chi connectivity index (χ2v) is 6.32. The van der Waals surface area contributed by atoms with Crippen LogP contribution in [0.1, 0.15) is 48.4 Å². The van der Waals surface area contributed by atoms with Gasteiger partial charge in [0.05, 0.1) is 12.8 Å². The zero-order chi connectivity index (χ0) is 17.6. The molecule has 1 aromatic carbocycles. The van der Waals surface area contributed by atoms with Crippen LogP contribution in [0.3, 0.4) is 0 Å². The van der Waals surface area contributed by atoms with Crippen molar-refractivity contribution in [1.29, 1.82) is 0 Å². The van der Waals surface area contributed by atoms with Crippen molar-refractivity contribution in [2.75, 3.05) is 17.7 Å². The highest BCUT2D eigenvalue weighted by atomic mass is 16.5. The summed E-state index contributed by atoms with van der Waals surface area (Å²) in [5.74, 6) is 1.62. The number of benzene rings is 1. The third-order valence-corrected chi connectivity index (χ3v) is 4.38. The number of methoxy groups -OCH3 is 1. The summed E-state index contributed by atoms with van der Waals surface area (Å²) < 4.78 is 5.27. The summed E-state index contributed by atoms with van der Waals surface area (Å²) in [6.07, 6.45) is 6.07. The molecule has 1 aliphatic carbocycles. The molecule has 6 heteroatoms. The molecule has 3 rings (SSSR count). The fourth-order valence-corrected chi connectivity index (χ4v) is 3.15. The van der Waals surface area contributed by atoms with E-state index >= 15 is 0 Å². The number of amides is 1. The number of hydrogen-bond donors (Lipinski definition) is 2. The Kier molecular flexibility index (Phi) is 5.48. The normalized spacial score (nSPS) is 14.8. The molecular weight excluding hydrogens is 316 g/mol. The molecule has 1 amide bonds. The van der Waals surface area contributed by atoms with Crippen LogP contribution in [0.4, 0.5) is 11.5 Å². The molecule has 0 radical (unpaired) electrons. The van der Waals surface area contributed by atoms with Crippen molar-refractivity contribution in [1.82, 2.24) is 9.97 Å². The van der Waals surface area contributed by atoms with Gasteiger partial charge in [-0.1, -0.05) is 31.4 Å². The van der Waals surface area contributed by atoms with Crippen LogP contribution in [-0.4, -0.2) is 29.0 Å². The predicted molar refractivity (Wildman–Crippen MR) is 98.2 cm³/mol. The summed E-state index contributed by atoms with van der Waals surface area (Å²) in [5, 5.41) is 6.30. The van der Waals surface area contributed by atoms with Crippen LogP contribution < -0.4 is 15.4 Å². The lowest BCUT2D eigenvalue weighted by Gasteiger charge is -2.23. The first kappa shape index (κ1) is 17.2. The number of carbonyl (C=O) groups is 1. The molecule has 2 N–H and O–H groups in total. The number of carbonyl (C=O) groups excluding carboxylic acids is 1. The third kappa shape index (κ3) is 4.47. The molecule has 1 heterocycles. The molecule has 1 fully saturated rings. The minimum absolute atomic E-state index is 0.276. The van der Waals surface area contributed by atoms with Gasteiger partial charge in [0, 0.05) is 12.1 Å². The second-order valence-electron chi connectivity index (χ2n) is 6.32. The molecule has 1 aromatic heterocycles. The van der Waals surface area contributed by atoms with E-state index in [2.05, 4.69) is 20.6 Å². The molecule has 2 aromatic rings.